The molecule has 21 heavy (non-hydrogen) atoms. The smallest absolute Gasteiger partial charge is 0.350 e. The molecular weight excluding hydrogens is 290 g/mol. The van der Waals surface area contributed by atoms with Crippen LogP contribution in [0.25, 0.3) is 0 Å². The highest BCUT2D eigenvalue weighted by atomic mass is 32.1. The second-order valence-corrected chi connectivity index (χ2v) is 5.83. The van der Waals surface area contributed by atoms with Crippen LogP contribution >= 0.6 is 11.3 Å². The number of likely N-dealkylation sites (N-methyl/N-ethyl adjacent to an activating group) is 1. The maximum absolute atomic E-state index is 12.1. The summed E-state index contributed by atoms with van der Waals surface area (Å²) >= 11 is 1.26. The molecule has 1 saturated heterocycles. The SMILES string of the molecule is CCN1CCN(CC(=O)Nc2ccsc2C(=O)OC)CC1. The van der Waals surface area contributed by atoms with E-state index < -0.39 is 5.97 Å². The largest absolute Gasteiger partial charge is 0.465 e. The molecule has 116 valence electrons. The fourth-order valence-corrected chi connectivity index (χ4v) is 3.08. The second kappa shape index (κ2) is 7.53. The molecule has 1 N–H and O–H groups in total. The molecule has 1 fully saturated rings. The van der Waals surface area contributed by atoms with Crippen LogP contribution in [-0.4, -0.2) is 68.1 Å². The van der Waals surface area contributed by atoms with Gasteiger partial charge in [0.05, 0.1) is 19.3 Å². The fourth-order valence-electron chi connectivity index (χ4n) is 2.31. The first-order chi connectivity index (χ1) is 10.1. The number of amides is 1. The molecule has 0 spiro atoms. The number of carbonyl (C=O) groups is 2. The van der Waals surface area contributed by atoms with Crippen molar-refractivity contribution in [1.29, 1.82) is 0 Å². The summed E-state index contributed by atoms with van der Waals surface area (Å²) in [5.41, 5.74) is 0.532. The van der Waals surface area contributed by atoms with Crippen LogP contribution < -0.4 is 5.32 Å². The molecule has 2 heterocycles. The second-order valence-electron chi connectivity index (χ2n) is 4.91. The highest BCUT2D eigenvalue weighted by molar-refractivity contribution is 7.12. The van der Waals surface area contributed by atoms with Gasteiger partial charge in [0.2, 0.25) is 5.91 Å². The summed E-state index contributed by atoms with van der Waals surface area (Å²) < 4.78 is 4.70. The number of thiophene rings is 1. The summed E-state index contributed by atoms with van der Waals surface area (Å²) in [5, 5.41) is 4.56. The van der Waals surface area contributed by atoms with Gasteiger partial charge in [0.15, 0.2) is 0 Å². The predicted octanol–water partition coefficient (Wildman–Crippen LogP) is 1.11. The van der Waals surface area contributed by atoms with Crippen molar-refractivity contribution in [2.75, 3.05) is 51.7 Å². The number of piperazine rings is 1. The predicted molar refractivity (Wildman–Crippen MR) is 82.8 cm³/mol. The Kier molecular flexibility index (Phi) is 5.72. The Morgan fingerprint density at radius 3 is 2.57 bits per heavy atom. The van der Waals surface area contributed by atoms with Gasteiger partial charge in [-0.15, -0.1) is 11.3 Å². The van der Waals surface area contributed by atoms with Crippen molar-refractivity contribution in [2.24, 2.45) is 0 Å². The summed E-state index contributed by atoms with van der Waals surface area (Å²) in [6.07, 6.45) is 0. The molecule has 0 atom stereocenters. The summed E-state index contributed by atoms with van der Waals surface area (Å²) in [4.78, 5) is 28.6. The Balaban J connectivity index is 1.85. The van der Waals surface area contributed by atoms with E-state index in [-0.39, 0.29) is 5.91 Å². The van der Waals surface area contributed by atoms with Crippen molar-refractivity contribution in [1.82, 2.24) is 9.80 Å². The first-order valence-electron chi connectivity index (χ1n) is 7.04. The molecule has 1 aliphatic rings. The normalized spacial score (nSPS) is 16.7. The van der Waals surface area contributed by atoms with Gasteiger partial charge in [0, 0.05) is 26.2 Å². The molecule has 1 aromatic heterocycles. The van der Waals surface area contributed by atoms with Crippen molar-refractivity contribution in [2.45, 2.75) is 6.92 Å². The van der Waals surface area contributed by atoms with Crippen molar-refractivity contribution < 1.29 is 14.3 Å². The molecule has 0 radical (unpaired) electrons. The van der Waals surface area contributed by atoms with Gasteiger partial charge in [-0.2, -0.15) is 0 Å². The maximum Gasteiger partial charge on any atom is 0.350 e. The topological polar surface area (TPSA) is 61.9 Å². The Morgan fingerprint density at radius 1 is 1.29 bits per heavy atom. The number of carbonyl (C=O) groups excluding carboxylic acids is 2. The Hall–Kier alpha value is -1.44. The molecular formula is C14H21N3O3S. The molecule has 0 bridgehead atoms. The van der Waals surface area contributed by atoms with Gasteiger partial charge in [-0.25, -0.2) is 4.79 Å². The lowest BCUT2D eigenvalue weighted by atomic mass is 10.3. The van der Waals surface area contributed by atoms with Crippen molar-refractivity contribution in [3.8, 4) is 0 Å². The molecule has 1 aliphatic heterocycles. The number of esters is 1. The third-order valence-corrected chi connectivity index (χ3v) is 4.48. The number of hydrogen-bond acceptors (Lipinski definition) is 6. The molecule has 0 aliphatic carbocycles. The number of nitrogens with one attached hydrogen (secondary N) is 1. The van der Waals surface area contributed by atoms with Crippen LogP contribution in [0.2, 0.25) is 0 Å². The first kappa shape index (κ1) is 15.9. The third kappa shape index (κ3) is 4.26. The van der Waals surface area contributed by atoms with Gasteiger partial charge in [0.25, 0.3) is 0 Å². The highest BCUT2D eigenvalue weighted by Crippen LogP contribution is 2.23. The van der Waals surface area contributed by atoms with Crippen LogP contribution in [0.3, 0.4) is 0 Å². The van der Waals surface area contributed by atoms with Gasteiger partial charge < -0.3 is 15.0 Å². The van der Waals surface area contributed by atoms with Crippen molar-refractivity contribution in [3.05, 3.63) is 16.3 Å². The van der Waals surface area contributed by atoms with Crippen LogP contribution in [0, 0.1) is 0 Å². The average molecular weight is 311 g/mol. The zero-order chi connectivity index (χ0) is 15.2. The minimum atomic E-state index is -0.420. The van der Waals surface area contributed by atoms with Crippen LogP contribution in [0.4, 0.5) is 5.69 Å². The van der Waals surface area contributed by atoms with Crippen LogP contribution in [0.5, 0.6) is 0 Å². The van der Waals surface area contributed by atoms with Crippen molar-refractivity contribution in [3.63, 3.8) is 0 Å². The average Bonchev–Trinajstić information content (AvgIpc) is 2.95. The molecule has 0 saturated carbocycles. The van der Waals surface area contributed by atoms with Gasteiger partial charge in [-0.3, -0.25) is 9.69 Å². The third-order valence-electron chi connectivity index (χ3n) is 3.59. The van der Waals surface area contributed by atoms with Gasteiger partial charge in [0.1, 0.15) is 4.88 Å². The lowest BCUT2D eigenvalue weighted by Crippen LogP contribution is -2.48. The van der Waals surface area contributed by atoms with E-state index in [0.29, 0.717) is 17.1 Å². The van der Waals surface area contributed by atoms with E-state index >= 15 is 0 Å². The van der Waals surface area contributed by atoms with E-state index in [1.165, 1.54) is 18.4 Å². The maximum atomic E-state index is 12.1. The molecule has 7 heteroatoms. The summed E-state index contributed by atoms with van der Waals surface area (Å²) in [7, 11) is 1.33. The fraction of sp³-hybridized carbons (Fsp3) is 0.571. The van der Waals surface area contributed by atoms with E-state index in [0.717, 1.165) is 32.7 Å². The van der Waals surface area contributed by atoms with Gasteiger partial charge in [-0.1, -0.05) is 6.92 Å². The molecule has 2 rings (SSSR count). The standard InChI is InChI=1S/C14H21N3O3S/c1-3-16-5-7-17(8-6-16)10-12(18)15-11-4-9-21-13(11)14(19)20-2/h4,9H,3,5-8,10H2,1-2H3,(H,15,18). The van der Waals surface area contributed by atoms with E-state index in [2.05, 4.69) is 22.0 Å². The van der Waals surface area contributed by atoms with Gasteiger partial charge in [-0.05, 0) is 18.0 Å². The minimum absolute atomic E-state index is 0.0940. The Bertz CT molecular complexity index is 495. The van der Waals surface area contributed by atoms with Gasteiger partial charge >= 0.3 is 5.97 Å². The van der Waals surface area contributed by atoms with Crippen LogP contribution in [-0.2, 0) is 9.53 Å². The quantitative estimate of drug-likeness (QED) is 0.826. The molecule has 1 amide bonds. The Labute approximate surface area is 128 Å². The highest BCUT2D eigenvalue weighted by Gasteiger charge is 2.20. The summed E-state index contributed by atoms with van der Waals surface area (Å²) in [6.45, 7) is 7.34. The number of nitrogens with zero attached hydrogens (tertiary/aromatic N) is 2. The van der Waals surface area contributed by atoms with Crippen molar-refractivity contribution >= 4 is 28.9 Å². The molecule has 6 nitrogen and oxygen atoms in total. The zero-order valence-electron chi connectivity index (χ0n) is 12.4. The number of ether oxygens (including phenoxy) is 1. The number of methoxy groups -OCH3 is 1. The summed E-state index contributed by atoms with van der Waals surface area (Å²) in [6, 6.07) is 1.73. The lowest BCUT2D eigenvalue weighted by molar-refractivity contribution is -0.117. The number of rotatable bonds is 5. The van der Waals surface area contributed by atoms with Crippen LogP contribution in [0.15, 0.2) is 11.4 Å². The van der Waals surface area contributed by atoms with E-state index in [1.54, 1.807) is 11.4 Å². The lowest BCUT2D eigenvalue weighted by Gasteiger charge is -2.33. The zero-order valence-corrected chi connectivity index (χ0v) is 13.2. The van der Waals surface area contributed by atoms with E-state index in [4.69, 9.17) is 4.74 Å². The molecule has 0 aromatic carbocycles. The number of hydrogen-bond donors (Lipinski definition) is 1. The monoisotopic (exact) mass is 311 g/mol. The molecule has 0 unspecified atom stereocenters. The molecule has 1 aromatic rings. The Morgan fingerprint density at radius 2 is 1.95 bits per heavy atom. The first-order valence-corrected chi connectivity index (χ1v) is 7.92. The number of anilines is 1. The van der Waals surface area contributed by atoms with E-state index in [9.17, 15) is 9.59 Å². The summed E-state index contributed by atoms with van der Waals surface area (Å²) in [5.74, 6) is -0.514. The minimum Gasteiger partial charge on any atom is -0.465 e. The van der Waals surface area contributed by atoms with Crippen LogP contribution in [0.1, 0.15) is 16.6 Å². The van der Waals surface area contributed by atoms with E-state index in [1.807, 2.05) is 0 Å².